The molecule has 5 rings (SSSR count). The number of para-hydroxylation sites is 1. The minimum atomic E-state index is -4.64. The predicted molar refractivity (Wildman–Crippen MR) is 150 cm³/mol. The lowest BCUT2D eigenvalue weighted by molar-refractivity contribution is -0.141. The van der Waals surface area contributed by atoms with Gasteiger partial charge in [0.1, 0.15) is 23.0 Å². The number of ether oxygens (including phenoxy) is 3. The van der Waals surface area contributed by atoms with Gasteiger partial charge in [-0.25, -0.2) is 9.38 Å². The van der Waals surface area contributed by atoms with Crippen molar-refractivity contribution in [1.29, 1.82) is 0 Å². The number of piperazine rings is 1. The first kappa shape index (κ1) is 29.0. The second-order valence-corrected chi connectivity index (χ2v) is 9.82. The summed E-state index contributed by atoms with van der Waals surface area (Å²) in [5.74, 6) is -0.155. The number of esters is 1. The summed E-state index contributed by atoms with van der Waals surface area (Å²) in [5, 5.41) is 0. The highest BCUT2D eigenvalue weighted by atomic mass is 19.4. The number of guanidine groups is 1. The largest absolute Gasteiger partial charge is 0.497 e. The van der Waals surface area contributed by atoms with Gasteiger partial charge in [-0.2, -0.15) is 13.2 Å². The van der Waals surface area contributed by atoms with Crippen molar-refractivity contribution in [3.05, 3.63) is 77.6 Å². The van der Waals surface area contributed by atoms with Gasteiger partial charge >= 0.3 is 12.1 Å². The van der Waals surface area contributed by atoms with Crippen molar-refractivity contribution in [2.24, 2.45) is 4.99 Å². The first-order valence-electron chi connectivity index (χ1n) is 13.3. The minimum Gasteiger partial charge on any atom is -0.497 e. The molecule has 2 aliphatic rings. The van der Waals surface area contributed by atoms with Crippen LogP contribution in [0.25, 0.3) is 0 Å². The minimum absolute atomic E-state index is 0.0267. The number of fused-ring (bicyclic) bond motifs is 1. The molecular formula is C30H30F4N4O4. The zero-order valence-electron chi connectivity index (χ0n) is 23.3. The second-order valence-electron chi connectivity index (χ2n) is 9.82. The average molecular weight is 587 g/mol. The van der Waals surface area contributed by atoms with Gasteiger partial charge in [-0.1, -0.05) is 18.2 Å². The summed E-state index contributed by atoms with van der Waals surface area (Å²) < 4.78 is 72.7. The van der Waals surface area contributed by atoms with E-state index in [4.69, 9.17) is 14.2 Å². The molecular weight excluding hydrogens is 556 g/mol. The van der Waals surface area contributed by atoms with E-state index in [1.165, 1.54) is 37.3 Å². The van der Waals surface area contributed by atoms with Crippen molar-refractivity contribution in [1.82, 2.24) is 4.90 Å². The fourth-order valence-electron chi connectivity index (χ4n) is 5.32. The summed E-state index contributed by atoms with van der Waals surface area (Å²) in [5.41, 5.74) is 0.473. The van der Waals surface area contributed by atoms with Crippen molar-refractivity contribution in [3.63, 3.8) is 0 Å². The summed E-state index contributed by atoms with van der Waals surface area (Å²) in [4.78, 5) is 22.9. The van der Waals surface area contributed by atoms with Crippen molar-refractivity contribution in [2.45, 2.75) is 18.6 Å². The maximum absolute atomic E-state index is 15.2. The smallest absolute Gasteiger partial charge is 0.416 e. The Morgan fingerprint density at radius 3 is 2.31 bits per heavy atom. The number of carbonyl (C=O) groups is 1. The van der Waals surface area contributed by atoms with E-state index in [0.717, 1.165) is 17.8 Å². The van der Waals surface area contributed by atoms with E-state index >= 15 is 4.39 Å². The lowest BCUT2D eigenvalue weighted by Crippen LogP contribution is -2.55. The zero-order chi connectivity index (χ0) is 30.0. The predicted octanol–water partition coefficient (Wildman–Crippen LogP) is 5.80. The van der Waals surface area contributed by atoms with Gasteiger partial charge in [0.2, 0.25) is 5.96 Å². The standard InChI is InChI=1S/C30H30F4N4O4/c1-40-21-7-4-6-20(17-21)36-12-14-37(15-13-36)29-35-28-22(8-5-9-23(28)31)24(18-27(39)42-3)38(29)25-16-19(30(32,33)34)10-11-26(25)41-2/h4-11,16-17,24H,12-15,18H2,1-3H3. The zero-order valence-corrected chi connectivity index (χ0v) is 23.3. The Labute approximate surface area is 240 Å². The van der Waals surface area contributed by atoms with Crippen LogP contribution in [0.3, 0.4) is 0 Å². The van der Waals surface area contributed by atoms with E-state index < -0.39 is 29.6 Å². The Morgan fingerprint density at radius 1 is 0.929 bits per heavy atom. The van der Waals surface area contributed by atoms with Crippen LogP contribution < -0.4 is 19.3 Å². The molecule has 0 saturated carbocycles. The number of benzene rings is 3. The first-order valence-corrected chi connectivity index (χ1v) is 13.3. The molecule has 2 aliphatic heterocycles. The molecule has 0 amide bonds. The van der Waals surface area contributed by atoms with Crippen LogP contribution in [0.4, 0.5) is 34.6 Å². The number of hydrogen-bond donors (Lipinski definition) is 0. The third-order valence-corrected chi connectivity index (χ3v) is 7.45. The monoisotopic (exact) mass is 586 g/mol. The van der Waals surface area contributed by atoms with Crippen molar-refractivity contribution in [2.75, 3.05) is 57.3 Å². The number of aliphatic imine (C=N–C) groups is 1. The van der Waals surface area contributed by atoms with Gasteiger partial charge in [-0.15, -0.1) is 0 Å². The molecule has 3 aromatic carbocycles. The van der Waals surface area contributed by atoms with Gasteiger partial charge in [0.15, 0.2) is 0 Å². The number of methoxy groups -OCH3 is 3. The number of halogens is 4. The van der Waals surface area contributed by atoms with Gasteiger partial charge in [0.25, 0.3) is 0 Å². The molecule has 1 saturated heterocycles. The van der Waals surface area contributed by atoms with Crippen LogP contribution in [0.2, 0.25) is 0 Å². The highest BCUT2D eigenvalue weighted by Crippen LogP contribution is 2.46. The van der Waals surface area contributed by atoms with Gasteiger partial charge in [-0.05, 0) is 36.4 Å². The third kappa shape index (κ3) is 5.65. The molecule has 0 bridgehead atoms. The van der Waals surface area contributed by atoms with E-state index in [-0.39, 0.29) is 29.5 Å². The molecule has 12 heteroatoms. The van der Waals surface area contributed by atoms with Gasteiger partial charge in [-0.3, -0.25) is 4.79 Å². The highest BCUT2D eigenvalue weighted by molar-refractivity contribution is 6.02. The molecule has 42 heavy (non-hydrogen) atoms. The summed E-state index contributed by atoms with van der Waals surface area (Å²) in [6, 6.07) is 14.2. The van der Waals surface area contributed by atoms with E-state index in [0.29, 0.717) is 37.5 Å². The Kier molecular flexibility index (Phi) is 8.15. The van der Waals surface area contributed by atoms with Crippen LogP contribution in [0.5, 0.6) is 11.5 Å². The van der Waals surface area contributed by atoms with E-state index in [9.17, 15) is 18.0 Å². The Bertz CT molecular complexity index is 1490. The molecule has 0 radical (unpaired) electrons. The molecule has 0 N–H and O–H groups in total. The Balaban J connectivity index is 1.61. The molecule has 0 aliphatic carbocycles. The second kappa shape index (κ2) is 11.8. The fourth-order valence-corrected chi connectivity index (χ4v) is 5.32. The van der Waals surface area contributed by atoms with Crippen LogP contribution in [0, 0.1) is 5.82 Å². The van der Waals surface area contributed by atoms with Crippen molar-refractivity contribution < 1.29 is 36.6 Å². The summed E-state index contributed by atoms with van der Waals surface area (Å²) in [6.07, 6.45) is -4.91. The first-order chi connectivity index (χ1) is 20.1. The maximum Gasteiger partial charge on any atom is 0.416 e. The van der Waals surface area contributed by atoms with E-state index in [1.807, 2.05) is 29.2 Å². The number of anilines is 2. The maximum atomic E-state index is 15.2. The molecule has 1 fully saturated rings. The molecule has 8 nitrogen and oxygen atoms in total. The molecule has 1 atom stereocenters. The fraction of sp³-hybridized carbons (Fsp3) is 0.333. The number of hydrogen-bond acceptors (Lipinski definition) is 8. The highest BCUT2D eigenvalue weighted by Gasteiger charge is 2.40. The lowest BCUT2D eigenvalue weighted by Gasteiger charge is -2.45. The van der Waals surface area contributed by atoms with E-state index in [1.54, 1.807) is 13.2 Å². The quantitative estimate of drug-likeness (QED) is 0.267. The number of rotatable bonds is 6. The molecule has 3 aromatic rings. The molecule has 0 aromatic heterocycles. The Morgan fingerprint density at radius 2 is 1.64 bits per heavy atom. The lowest BCUT2D eigenvalue weighted by atomic mass is 9.96. The number of nitrogens with zero attached hydrogens (tertiary/aromatic N) is 4. The molecule has 2 heterocycles. The summed E-state index contributed by atoms with van der Waals surface area (Å²) in [7, 11) is 4.17. The van der Waals surface area contributed by atoms with Crippen molar-refractivity contribution >= 4 is 29.0 Å². The van der Waals surface area contributed by atoms with E-state index in [2.05, 4.69) is 9.89 Å². The van der Waals surface area contributed by atoms with Crippen LogP contribution >= 0.6 is 0 Å². The van der Waals surface area contributed by atoms with Crippen LogP contribution in [0.1, 0.15) is 23.6 Å². The Hall–Kier alpha value is -4.48. The van der Waals surface area contributed by atoms with Gasteiger partial charge < -0.3 is 28.9 Å². The van der Waals surface area contributed by atoms with Gasteiger partial charge in [0, 0.05) is 43.5 Å². The molecule has 1 unspecified atom stereocenters. The third-order valence-electron chi connectivity index (χ3n) is 7.45. The topological polar surface area (TPSA) is 66.8 Å². The van der Waals surface area contributed by atoms with Gasteiger partial charge in [0.05, 0.1) is 45.0 Å². The average Bonchev–Trinajstić information content (AvgIpc) is 3.00. The number of carbonyl (C=O) groups excluding carboxylic acids is 1. The van der Waals surface area contributed by atoms with Crippen LogP contribution in [-0.4, -0.2) is 64.3 Å². The molecule has 222 valence electrons. The van der Waals surface area contributed by atoms with Crippen LogP contribution in [-0.2, 0) is 15.7 Å². The SMILES string of the molecule is COC(=O)CC1c2cccc(F)c2N=C(N2CCN(c3cccc(OC)c3)CC2)N1c1cc(C(F)(F)F)ccc1OC. The van der Waals surface area contributed by atoms with Crippen LogP contribution in [0.15, 0.2) is 65.7 Å². The summed E-state index contributed by atoms with van der Waals surface area (Å²) in [6.45, 7) is 1.93. The normalized spacial score (nSPS) is 17.0. The molecule has 0 spiro atoms. The van der Waals surface area contributed by atoms with Crippen molar-refractivity contribution in [3.8, 4) is 11.5 Å². The number of alkyl halides is 3. The summed E-state index contributed by atoms with van der Waals surface area (Å²) >= 11 is 0.